The lowest BCUT2D eigenvalue weighted by molar-refractivity contribution is 0.0464. The predicted octanol–water partition coefficient (Wildman–Crippen LogP) is 6.49. The van der Waals surface area contributed by atoms with E-state index in [0.29, 0.717) is 33.0 Å². The Kier molecular flexibility index (Phi) is 10.3. The maximum atomic E-state index is 5.93. The summed E-state index contributed by atoms with van der Waals surface area (Å²) < 4.78 is 17.3. The molecule has 212 valence electrons. The van der Waals surface area contributed by atoms with Gasteiger partial charge in [-0.1, -0.05) is 72.5 Å². The summed E-state index contributed by atoms with van der Waals surface area (Å²) in [6.45, 7) is 4.46. The van der Waals surface area contributed by atoms with Crippen LogP contribution in [0.3, 0.4) is 0 Å². The molecule has 0 amide bonds. The van der Waals surface area contributed by atoms with Crippen molar-refractivity contribution in [2.24, 2.45) is 0 Å². The lowest BCUT2D eigenvalue weighted by Crippen LogP contribution is -2.24. The van der Waals surface area contributed by atoms with Crippen molar-refractivity contribution in [3.05, 3.63) is 102 Å². The molecule has 0 bridgehead atoms. The predicted molar refractivity (Wildman–Crippen MR) is 168 cm³/mol. The van der Waals surface area contributed by atoms with E-state index in [1.54, 1.807) is 0 Å². The number of fused-ring (bicyclic) bond motifs is 3. The van der Waals surface area contributed by atoms with Crippen LogP contribution in [0.5, 0.6) is 5.75 Å². The lowest BCUT2D eigenvalue weighted by atomic mass is 10.0. The molecule has 4 aromatic rings. The first-order valence-corrected chi connectivity index (χ1v) is 14.6. The Morgan fingerprint density at radius 3 is 2.41 bits per heavy atom. The molecule has 5 nitrogen and oxygen atoms in total. The van der Waals surface area contributed by atoms with E-state index in [9.17, 15) is 0 Å². The zero-order valence-electron chi connectivity index (χ0n) is 24.3. The third kappa shape index (κ3) is 7.89. The molecule has 0 spiro atoms. The Labute approximate surface area is 244 Å². The molecule has 0 aromatic heterocycles. The molecule has 0 radical (unpaired) electrons. The van der Waals surface area contributed by atoms with Crippen molar-refractivity contribution in [3.63, 3.8) is 0 Å². The van der Waals surface area contributed by atoms with E-state index < -0.39 is 0 Å². The molecule has 1 aliphatic heterocycles. The van der Waals surface area contributed by atoms with Gasteiger partial charge in [-0.15, -0.1) is 0 Å². The maximum Gasteiger partial charge on any atom is 0.127 e. The minimum atomic E-state index is 0.377. The van der Waals surface area contributed by atoms with Gasteiger partial charge in [0, 0.05) is 28.9 Å². The monoisotopic (exact) mass is 548 g/mol. The van der Waals surface area contributed by atoms with Crippen LogP contribution in [0.2, 0.25) is 0 Å². The van der Waals surface area contributed by atoms with E-state index in [4.69, 9.17) is 14.2 Å². The summed E-state index contributed by atoms with van der Waals surface area (Å²) in [5, 5.41) is 2.29. The van der Waals surface area contributed by atoms with Crippen LogP contribution in [0.1, 0.15) is 23.1 Å². The van der Waals surface area contributed by atoms with Crippen LogP contribution in [0.25, 0.3) is 10.8 Å². The van der Waals surface area contributed by atoms with Gasteiger partial charge >= 0.3 is 0 Å². The quantitative estimate of drug-likeness (QED) is 0.149. The number of benzene rings is 4. The zero-order chi connectivity index (χ0) is 28.3. The molecule has 4 aromatic carbocycles. The second kappa shape index (κ2) is 14.7. The average molecular weight is 549 g/mol. The van der Waals surface area contributed by atoms with Gasteiger partial charge in [0.25, 0.3) is 0 Å². The molecule has 1 aliphatic rings. The van der Waals surface area contributed by atoms with Crippen molar-refractivity contribution in [2.75, 3.05) is 65.1 Å². The van der Waals surface area contributed by atoms with E-state index in [0.717, 1.165) is 49.1 Å². The summed E-state index contributed by atoms with van der Waals surface area (Å²) in [7, 11) is 4.27. The molecule has 0 N–H and O–H groups in total. The smallest absolute Gasteiger partial charge is 0.127 e. The highest BCUT2D eigenvalue weighted by atomic mass is 16.5. The molecule has 1 heterocycles. The number of hydrogen-bond donors (Lipinski definition) is 0. The van der Waals surface area contributed by atoms with E-state index in [-0.39, 0.29) is 0 Å². The third-order valence-electron chi connectivity index (χ3n) is 7.32. The van der Waals surface area contributed by atoms with Gasteiger partial charge in [0.05, 0.1) is 19.8 Å². The number of hydrogen-bond acceptors (Lipinski definition) is 5. The van der Waals surface area contributed by atoms with Crippen molar-refractivity contribution in [1.29, 1.82) is 0 Å². The normalized spacial score (nSPS) is 12.4. The van der Waals surface area contributed by atoms with Crippen LogP contribution in [0.15, 0.2) is 84.9 Å². The van der Waals surface area contributed by atoms with Crippen LogP contribution < -0.4 is 9.64 Å². The van der Waals surface area contributed by atoms with Gasteiger partial charge in [-0.2, -0.15) is 0 Å². The molecule has 0 unspecified atom stereocenters. The van der Waals surface area contributed by atoms with Gasteiger partial charge in [-0.25, -0.2) is 0 Å². The lowest BCUT2D eigenvalue weighted by Gasteiger charge is -2.28. The molecule has 0 aliphatic carbocycles. The van der Waals surface area contributed by atoms with E-state index in [2.05, 4.69) is 96.4 Å². The number of ether oxygens (including phenoxy) is 3. The Bertz CT molecular complexity index is 1480. The van der Waals surface area contributed by atoms with Crippen molar-refractivity contribution in [1.82, 2.24) is 4.90 Å². The number of para-hydroxylation sites is 1. The largest absolute Gasteiger partial charge is 0.491 e. The molecular weight excluding hydrogens is 508 g/mol. The second-order valence-corrected chi connectivity index (χ2v) is 10.6. The van der Waals surface area contributed by atoms with Gasteiger partial charge in [-0.3, -0.25) is 0 Å². The minimum absolute atomic E-state index is 0.377. The zero-order valence-corrected chi connectivity index (χ0v) is 24.3. The summed E-state index contributed by atoms with van der Waals surface area (Å²) >= 11 is 0. The van der Waals surface area contributed by atoms with Crippen LogP contribution in [0, 0.1) is 11.8 Å². The van der Waals surface area contributed by atoms with Crippen molar-refractivity contribution in [3.8, 4) is 17.6 Å². The number of rotatable bonds is 12. The van der Waals surface area contributed by atoms with Gasteiger partial charge in [0.1, 0.15) is 19.0 Å². The molecule has 41 heavy (non-hydrogen) atoms. The van der Waals surface area contributed by atoms with E-state index in [1.807, 2.05) is 24.3 Å². The second-order valence-electron chi connectivity index (χ2n) is 10.6. The highest BCUT2D eigenvalue weighted by Gasteiger charge is 2.20. The van der Waals surface area contributed by atoms with E-state index >= 15 is 0 Å². The first kappa shape index (κ1) is 28.7. The Morgan fingerprint density at radius 2 is 1.51 bits per heavy atom. The summed E-state index contributed by atoms with van der Waals surface area (Å²) in [6, 6.07) is 29.8. The number of anilines is 2. The Balaban J connectivity index is 1.08. The third-order valence-corrected chi connectivity index (χ3v) is 7.32. The molecule has 0 fully saturated rings. The van der Waals surface area contributed by atoms with Gasteiger partial charge < -0.3 is 24.0 Å². The SMILES string of the molecule is CN(C)CCCN1c2ccccc2CCc2ccc(C#CCOCCOCCOc3cccc4ccccc34)cc21. The van der Waals surface area contributed by atoms with Crippen molar-refractivity contribution in [2.45, 2.75) is 19.3 Å². The fourth-order valence-electron chi connectivity index (χ4n) is 5.29. The molecular formula is C36H40N2O3. The van der Waals surface area contributed by atoms with Crippen LogP contribution >= 0.6 is 0 Å². The summed E-state index contributed by atoms with van der Waals surface area (Å²) in [6.07, 6.45) is 3.20. The standard InChI is InChI=1S/C36H40N2O3/c1-37(2)21-9-22-38-34-15-6-4-12-31(34)19-20-32-18-17-29(28-35(32)38)10-8-23-39-24-25-40-26-27-41-36-16-7-13-30-11-3-5-14-33(30)36/h3-7,11-18,28H,9,19-27H2,1-2H3. The molecule has 5 rings (SSSR count). The van der Waals surface area contributed by atoms with Gasteiger partial charge in [-0.05, 0) is 80.7 Å². The highest BCUT2D eigenvalue weighted by Crippen LogP contribution is 2.36. The van der Waals surface area contributed by atoms with Crippen LogP contribution in [-0.2, 0) is 22.3 Å². The average Bonchev–Trinajstić information content (AvgIpc) is 3.14. The molecule has 0 saturated carbocycles. The van der Waals surface area contributed by atoms with Gasteiger partial charge in [0.15, 0.2) is 0 Å². The van der Waals surface area contributed by atoms with Crippen molar-refractivity contribution < 1.29 is 14.2 Å². The van der Waals surface area contributed by atoms with Crippen LogP contribution in [0.4, 0.5) is 11.4 Å². The van der Waals surface area contributed by atoms with Crippen molar-refractivity contribution >= 4 is 22.1 Å². The highest BCUT2D eigenvalue weighted by molar-refractivity contribution is 5.88. The number of nitrogens with zero attached hydrogens (tertiary/aromatic N) is 2. The first-order chi connectivity index (χ1) is 20.2. The Morgan fingerprint density at radius 1 is 0.756 bits per heavy atom. The van der Waals surface area contributed by atoms with Crippen LogP contribution in [-0.4, -0.2) is 65.1 Å². The summed E-state index contributed by atoms with van der Waals surface area (Å²) in [5.74, 6) is 7.37. The summed E-state index contributed by atoms with van der Waals surface area (Å²) in [5.41, 5.74) is 6.42. The maximum absolute atomic E-state index is 5.93. The first-order valence-electron chi connectivity index (χ1n) is 14.6. The Hall–Kier alpha value is -3.82. The van der Waals surface area contributed by atoms with Gasteiger partial charge in [0.2, 0.25) is 0 Å². The number of aryl methyl sites for hydroxylation is 2. The molecule has 0 saturated heterocycles. The minimum Gasteiger partial charge on any atom is -0.491 e. The fourth-order valence-corrected chi connectivity index (χ4v) is 5.29. The fraction of sp³-hybridized carbons (Fsp3) is 0.333. The molecule has 5 heteroatoms. The summed E-state index contributed by atoms with van der Waals surface area (Å²) in [4.78, 5) is 4.74. The molecule has 0 atom stereocenters. The topological polar surface area (TPSA) is 34.2 Å². The van der Waals surface area contributed by atoms with E-state index in [1.165, 1.54) is 27.9 Å².